The van der Waals surface area contributed by atoms with Crippen LogP contribution in [0, 0.1) is 5.82 Å². The molecule has 0 saturated heterocycles. The number of nitrogens with one attached hydrogen (secondary N) is 1. The zero-order valence-electron chi connectivity index (χ0n) is 9.90. The summed E-state index contributed by atoms with van der Waals surface area (Å²) in [5.74, 6) is -0.626. The lowest BCUT2D eigenvalue weighted by Gasteiger charge is -2.14. The van der Waals surface area contributed by atoms with Gasteiger partial charge in [0, 0.05) is 26.3 Å². The van der Waals surface area contributed by atoms with E-state index in [1.165, 1.54) is 24.3 Å². The lowest BCUT2D eigenvalue weighted by molar-refractivity contribution is 0.0285. The molecule has 0 aromatic heterocycles. The Hall–Kier alpha value is -1.46. The van der Waals surface area contributed by atoms with Gasteiger partial charge < -0.3 is 14.8 Å². The van der Waals surface area contributed by atoms with Gasteiger partial charge in [0.1, 0.15) is 5.82 Å². The van der Waals surface area contributed by atoms with E-state index in [9.17, 15) is 9.18 Å². The topological polar surface area (TPSA) is 47.6 Å². The Kier molecular flexibility index (Phi) is 5.59. The summed E-state index contributed by atoms with van der Waals surface area (Å²) in [4.78, 5) is 11.7. The Balaban J connectivity index is 2.46. The molecule has 0 bridgehead atoms. The van der Waals surface area contributed by atoms with E-state index in [0.29, 0.717) is 18.7 Å². The van der Waals surface area contributed by atoms with Gasteiger partial charge in [-0.15, -0.1) is 0 Å². The fourth-order valence-electron chi connectivity index (χ4n) is 1.31. The van der Waals surface area contributed by atoms with Crippen LogP contribution in [0.5, 0.6) is 0 Å². The van der Waals surface area contributed by atoms with Gasteiger partial charge in [-0.05, 0) is 24.3 Å². The molecule has 0 heterocycles. The van der Waals surface area contributed by atoms with E-state index in [1.54, 1.807) is 14.2 Å². The van der Waals surface area contributed by atoms with Crippen molar-refractivity contribution in [1.29, 1.82) is 0 Å². The first kappa shape index (κ1) is 13.6. The largest absolute Gasteiger partial charge is 0.382 e. The Morgan fingerprint density at radius 3 is 2.53 bits per heavy atom. The molecule has 1 rings (SSSR count). The Morgan fingerprint density at radius 2 is 2.00 bits per heavy atom. The van der Waals surface area contributed by atoms with Crippen LogP contribution < -0.4 is 5.32 Å². The maximum absolute atomic E-state index is 12.7. The minimum absolute atomic E-state index is 0.190. The van der Waals surface area contributed by atoms with Gasteiger partial charge in [0.2, 0.25) is 0 Å². The van der Waals surface area contributed by atoms with E-state index in [4.69, 9.17) is 9.47 Å². The van der Waals surface area contributed by atoms with E-state index < -0.39 is 0 Å². The summed E-state index contributed by atoms with van der Waals surface area (Å²) in [6.45, 7) is 0.751. The predicted molar refractivity (Wildman–Crippen MR) is 61.4 cm³/mol. The summed E-state index contributed by atoms with van der Waals surface area (Å²) in [7, 11) is 3.11. The number of methoxy groups -OCH3 is 2. The molecule has 0 aliphatic rings. The van der Waals surface area contributed by atoms with E-state index in [-0.39, 0.29) is 17.8 Å². The average molecular weight is 241 g/mol. The molecule has 4 nitrogen and oxygen atoms in total. The monoisotopic (exact) mass is 241 g/mol. The second-order valence-electron chi connectivity index (χ2n) is 3.53. The summed E-state index contributed by atoms with van der Waals surface area (Å²) in [6.07, 6.45) is -0.190. The van der Waals surface area contributed by atoms with E-state index in [0.717, 1.165) is 0 Å². The summed E-state index contributed by atoms with van der Waals surface area (Å²) in [6, 6.07) is 5.36. The van der Waals surface area contributed by atoms with Crippen molar-refractivity contribution in [3.8, 4) is 0 Å². The highest BCUT2D eigenvalue weighted by Gasteiger charge is 2.10. The maximum Gasteiger partial charge on any atom is 0.251 e. The van der Waals surface area contributed by atoms with Crippen molar-refractivity contribution in [2.75, 3.05) is 27.4 Å². The third-order valence-electron chi connectivity index (χ3n) is 2.28. The highest BCUT2D eigenvalue weighted by atomic mass is 19.1. The molecule has 94 valence electrons. The van der Waals surface area contributed by atoms with Crippen LogP contribution in [0.1, 0.15) is 10.4 Å². The SMILES string of the molecule is COCC(CNC(=O)c1ccc(F)cc1)OC. The van der Waals surface area contributed by atoms with Crippen LogP contribution in [0.2, 0.25) is 0 Å². The molecule has 5 heteroatoms. The minimum atomic E-state index is -0.365. The van der Waals surface area contributed by atoms with Crippen LogP contribution in [0.4, 0.5) is 4.39 Å². The van der Waals surface area contributed by atoms with Crippen LogP contribution in [-0.4, -0.2) is 39.4 Å². The zero-order valence-corrected chi connectivity index (χ0v) is 9.90. The molecule has 1 atom stereocenters. The molecule has 0 fully saturated rings. The molecule has 1 aromatic rings. The standard InChI is InChI=1S/C12H16FNO3/c1-16-8-11(17-2)7-14-12(15)9-3-5-10(13)6-4-9/h3-6,11H,7-8H2,1-2H3,(H,14,15). The van der Waals surface area contributed by atoms with E-state index >= 15 is 0 Å². The van der Waals surface area contributed by atoms with Crippen molar-refractivity contribution in [3.05, 3.63) is 35.6 Å². The first-order valence-electron chi connectivity index (χ1n) is 5.23. The van der Waals surface area contributed by atoms with Crippen molar-refractivity contribution in [2.45, 2.75) is 6.10 Å². The third-order valence-corrected chi connectivity index (χ3v) is 2.28. The Morgan fingerprint density at radius 1 is 1.35 bits per heavy atom. The first-order valence-corrected chi connectivity index (χ1v) is 5.23. The van der Waals surface area contributed by atoms with Gasteiger partial charge in [-0.3, -0.25) is 4.79 Å². The molecule has 17 heavy (non-hydrogen) atoms. The number of hydrogen-bond acceptors (Lipinski definition) is 3. The smallest absolute Gasteiger partial charge is 0.251 e. The van der Waals surface area contributed by atoms with Crippen LogP contribution in [0.15, 0.2) is 24.3 Å². The minimum Gasteiger partial charge on any atom is -0.382 e. The van der Waals surface area contributed by atoms with Crippen LogP contribution in [-0.2, 0) is 9.47 Å². The number of rotatable bonds is 6. The number of ether oxygens (including phenoxy) is 2. The first-order chi connectivity index (χ1) is 8.17. The highest BCUT2D eigenvalue weighted by molar-refractivity contribution is 5.94. The van der Waals surface area contributed by atoms with Crippen molar-refractivity contribution >= 4 is 5.91 Å². The van der Waals surface area contributed by atoms with Gasteiger partial charge in [0.05, 0.1) is 12.7 Å². The molecule has 1 aromatic carbocycles. The maximum atomic E-state index is 12.7. The molecule has 1 unspecified atom stereocenters. The van der Waals surface area contributed by atoms with Gasteiger partial charge in [0.15, 0.2) is 0 Å². The van der Waals surface area contributed by atoms with Crippen LogP contribution in [0.25, 0.3) is 0 Å². The summed E-state index contributed by atoms with van der Waals surface area (Å²) < 4.78 is 22.7. The Bertz CT molecular complexity index is 353. The molecule has 0 aliphatic heterocycles. The number of benzene rings is 1. The van der Waals surface area contributed by atoms with Crippen molar-refractivity contribution in [3.63, 3.8) is 0 Å². The molecular weight excluding hydrogens is 225 g/mol. The van der Waals surface area contributed by atoms with Gasteiger partial charge >= 0.3 is 0 Å². The van der Waals surface area contributed by atoms with Gasteiger partial charge in [-0.1, -0.05) is 0 Å². The fourth-order valence-corrected chi connectivity index (χ4v) is 1.31. The van der Waals surface area contributed by atoms with Gasteiger partial charge in [-0.2, -0.15) is 0 Å². The molecule has 1 N–H and O–H groups in total. The second-order valence-corrected chi connectivity index (χ2v) is 3.53. The normalized spacial score (nSPS) is 12.2. The van der Waals surface area contributed by atoms with E-state index in [1.807, 2.05) is 0 Å². The summed E-state index contributed by atoms with van der Waals surface area (Å²) >= 11 is 0. The summed E-state index contributed by atoms with van der Waals surface area (Å²) in [5, 5.41) is 2.69. The predicted octanol–water partition coefficient (Wildman–Crippen LogP) is 1.22. The van der Waals surface area contributed by atoms with Gasteiger partial charge in [0.25, 0.3) is 5.91 Å². The van der Waals surface area contributed by atoms with Crippen molar-refractivity contribution < 1.29 is 18.7 Å². The highest BCUT2D eigenvalue weighted by Crippen LogP contribution is 2.02. The van der Waals surface area contributed by atoms with Crippen LogP contribution >= 0.6 is 0 Å². The van der Waals surface area contributed by atoms with E-state index in [2.05, 4.69) is 5.32 Å². The number of halogens is 1. The van der Waals surface area contributed by atoms with Crippen LogP contribution in [0.3, 0.4) is 0 Å². The number of amides is 1. The number of carbonyl (C=O) groups is 1. The third kappa shape index (κ3) is 4.50. The second kappa shape index (κ2) is 6.98. The molecular formula is C12H16FNO3. The lowest BCUT2D eigenvalue weighted by Crippen LogP contribution is -2.35. The fraction of sp³-hybridized carbons (Fsp3) is 0.417. The molecule has 1 amide bonds. The molecule has 0 saturated carbocycles. The number of hydrogen-bond donors (Lipinski definition) is 1. The van der Waals surface area contributed by atoms with Crippen molar-refractivity contribution in [2.24, 2.45) is 0 Å². The summed E-state index contributed by atoms with van der Waals surface area (Å²) in [5.41, 5.74) is 0.415. The quantitative estimate of drug-likeness (QED) is 0.814. The Labute approximate surface area is 99.7 Å². The molecule has 0 radical (unpaired) electrons. The number of carbonyl (C=O) groups excluding carboxylic acids is 1. The van der Waals surface area contributed by atoms with Crippen molar-refractivity contribution in [1.82, 2.24) is 5.32 Å². The zero-order chi connectivity index (χ0) is 12.7. The average Bonchev–Trinajstić information content (AvgIpc) is 2.35. The molecule has 0 aliphatic carbocycles. The molecule has 0 spiro atoms. The lowest BCUT2D eigenvalue weighted by atomic mass is 10.2. The van der Waals surface area contributed by atoms with Gasteiger partial charge in [-0.25, -0.2) is 4.39 Å².